The highest BCUT2D eigenvalue weighted by Crippen LogP contribution is 2.23. The van der Waals surface area contributed by atoms with Crippen molar-refractivity contribution >= 4 is 16.8 Å². The number of aromatic amines is 1. The van der Waals surface area contributed by atoms with E-state index in [4.69, 9.17) is 0 Å². The molecule has 1 aromatic heterocycles. The normalized spacial score (nSPS) is 12.5. The monoisotopic (exact) mass is 349 g/mol. The van der Waals surface area contributed by atoms with Gasteiger partial charge in [0.25, 0.3) is 0 Å². The van der Waals surface area contributed by atoms with E-state index in [1.54, 1.807) is 0 Å². The standard InChI is InChI=1S/C22H27N3O/c1-5-25(4)21(18-9-7-6-8-10-18)22(26)23-14-17-11-12-20-19(13-17)15(2)16(3)24-20/h6-13,21,24H,5,14H2,1-4H3,(H,23,26). The summed E-state index contributed by atoms with van der Waals surface area (Å²) < 4.78 is 0. The van der Waals surface area contributed by atoms with Gasteiger partial charge in [0.15, 0.2) is 0 Å². The van der Waals surface area contributed by atoms with Gasteiger partial charge in [-0.1, -0.05) is 43.3 Å². The number of H-pyrrole nitrogens is 1. The summed E-state index contributed by atoms with van der Waals surface area (Å²) in [5.41, 5.74) is 5.72. The van der Waals surface area contributed by atoms with Gasteiger partial charge in [0, 0.05) is 23.1 Å². The van der Waals surface area contributed by atoms with Crippen molar-refractivity contribution < 1.29 is 4.79 Å². The molecule has 3 rings (SSSR count). The molecule has 0 aliphatic rings. The van der Waals surface area contributed by atoms with E-state index in [0.29, 0.717) is 6.54 Å². The predicted octanol–water partition coefficient (Wildman–Crippen LogP) is 4.09. The minimum Gasteiger partial charge on any atom is -0.358 e. The number of carbonyl (C=O) groups is 1. The maximum absolute atomic E-state index is 12.9. The maximum Gasteiger partial charge on any atom is 0.242 e. The van der Waals surface area contributed by atoms with Crippen molar-refractivity contribution in [1.29, 1.82) is 0 Å². The van der Waals surface area contributed by atoms with Crippen LogP contribution in [0.1, 0.15) is 35.3 Å². The molecular formula is C22H27N3O. The number of rotatable bonds is 6. The van der Waals surface area contributed by atoms with E-state index in [9.17, 15) is 4.79 Å². The lowest BCUT2D eigenvalue weighted by Gasteiger charge is -2.26. The molecule has 0 radical (unpaired) electrons. The predicted molar refractivity (Wildman–Crippen MR) is 107 cm³/mol. The number of likely N-dealkylation sites (N-methyl/N-ethyl adjacent to an activating group) is 1. The molecule has 0 aliphatic heterocycles. The van der Waals surface area contributed by atoms with Crippen LogP contribution in [-0.2, 0) is 11.3 Å². The summed E-state index contributed by atoms with van der Waals surface area (Å²) in [6, 6.07) is 16.0. The van der Waals surface area contributed by atoms with Gasteiger partial charge in [0.2, 0.25) is 5.91 Å². The van der Waals surface area contributed by atoms with Crippen molar-refractivity contribution in [3.8, 4) is 0 Å². The number of carbonyl (C=O) groups excluding carboxylic acids is 1. The third-order valence-electron chi connectivity index (χ3n) is 5.14. The fraction of sp³-hybridized carbons (Fsp3) is 0.318. The Kier molecular flexibility index (Phi) is 5.43. The third kappa shape index (κ3) is 3.65. The summed E-state index contributed by atoms with van der Waals surface area (Å²) in [7, 11) is 1.98. The molecule has 1 atom stereocenters. The van der Waals surface area contributed by atoms with Crippen molar-refractivity contribution in [3.63, 3.8) is 0 Å². The molecule has 1 heterocycles. The van der Waals surface area contributed by atoms with E-state index >= 15 is 0 Å². The zero-order chi connectivity index (χ0) is 18.7. The van der Waals surface area contributed by atoms with Crippen LogP contribution in [0.15, 0.2) is 48.5 Å². The molecule has 1 amide bonds. The summed E-state index contributed by atoms with van der Waals surface area (Å²) in [6.45, 7) is 7.61. The topological polar surface area (TPSA) is 48.1 Å². The average Bonchev–Trinajstić information content (AvgIpc) is 2.94. The summed E-state index contributed by atoms with van der Waals surface area (Å²) in [5.74, 6) is 0.0302. The van der Waals surface area contributed by atoms with Gasteiger partial charge < -0.3 is 10.3 Å². The molecule has 0 bridgehead atoms. The Bertz CT molecular complexity index is 898. The zero-order valence-electron chi connectivity index (χ0n) is 16.0. The molecule has 0 saturated heterocycles. The first-order valence-corrected chi connectivity index (χ1v) is 9.12. The van der Waals surface area contributed by atoms with Crippen LogP contribution in [-0.4, -0.2) is 29.4 Å². The molecule has 136 valence electrons. The van der Waals surface area contributed by atoms with Crippen LogP contribution in [0.4, 0.5) is 0 Å². The first-order chi connectivity index (χ1) is 12.5. The zero-order valence-corrected chi connectivity index (χ0v) is 16.0. The van der Waals surface area contributed by atoms with Gasteiger partial charge in [0.1, 0.15) is 6.04 Å². The molecule has 0 saturated carbocycles. The second-order valence-corrected chi connectivity index (χ2v) is 6.86. The number of nitrogens with one attached hydrogen (secondary N) is 2. The molecule has 0 spiro atoms. The van der Waals surface area contributed by atoms with Gasteiger partial charge in [-0.3, -0.25) is 9.69 Å². The summed E-state index contributed by atoms with van der Waals surface area (Å²) in [4.78, 5) is 18.3. The number of fused-ring (bicyclic) bond motifs is 1. The van der Waals surface area contributed by atoms with Crippen LogP contribution in [0.5, 0.6) is 0 Å². The quantitative estimate of drug-likeness (QED) is 0.704. The first-order valence-electron chi connectivity index (χ1n) is 9.12. The number of hydrogen-bond acceptors (Lipinski definition) is 2. The van der Waals surface area contributed by atoms with Crippen LogP contribution >= 0.6 is 0 Å². The van der Waals surface area contributed by atoms with Gasteiger partial charge >= 0.3 is 0 Å². The Balaban J connectivity index is 1.77. The third-order valence-corrected chi connectivity index (χ3v) is 5.14. The number of aryl methyl sites for hydroxylation is 2. The molecular weight excluding hydrogens is 322 g/mol. The van der Waals surface area contributed by atoms with Crippen LogP contribution in [0.3, 0.4) is 0 Å². The molecule has 0 aliphatic carbocycles. The van der Waals surface area contributed by atoms with Gasteiger partial charge in [0.05, 0.1) is 0 Å². The van der Waals surface area contributed by atoms with Gasteiger partial charge in [-0.15, -0.1) is 0 Å². The second kappa shape index (κ2) is 7.75. The lowest BCUT2D eigenvalue weighted by atomic mass is 10.0. The highest BCUT2D eigenvalue weighted by molar-refractivity contribution is 5.86. The Morgan fingerprint density at radius 1 is 1.15 bits per heavy atom. The van der Waals surface area contributed by atoms with Crippen molar-refractivity contribution in [2.24, 2.45) is 0 Å². The van der Waals surface area contributed by atoms with Crippen molar-refractivity contribution in [1.82, 2.24) is 15.2 Å². The van der Waals surface area contributed by atoms with Crippen molar-refractivity contribution in [3.05, 3.63) is 70.9 Å². The molecule has 1 unspecified atom stereocenters. The molecule has 2 aromatic carbocycles. The lowest BCUT2D eigenvalue weighted by molar-refractivity contribution is -0.126. The Morgan fingerprint density at radius 3 is 2.58 bits per heavy atom. The second-order valence-electron chi connectivity index (χ2n) is 6.86. The summed E-state index contributed by atoms with van der Waals surface area (Å²) in [5, 5.41) is 4.33. The largest absolute Gasteiger partial charge is 0.358 e. The highest BCUT2D eigenvalue weighted by atomic mass is 16.2. The minimum atomic E-state index is -0.277. The summed E-state index contributed by atoms with van der Waals surface area (Å²) in [6.07, 6.45) is 0. The number of aromatic nitrogens is 1. The number of nitrogens with zero attached hydrogens (tertiary/aromatic N) is 1. The van der Waals surface area contributed by atoms with E-state index < -0.39 is 0 Å². The van der Waals surface area contributed by atoms with Crippen LogP contribution < -0.4 is 5.32 Å². The molecule has 26 heavy (non-hydrogen) atoms. The van der Waals surface area contributed by atoms with Crippen LogP contribution in [0.2, 0.25) is 0 Å². The van der Waals surface area contributed by atoms with Crippen LogP contribution in [0, 0.1) is 13.8 Å². The molecule has 3 aromatic rings. The van der Waals surface area contributed by atoms with Gasteiger partial charge in [-0.2, -0.15) is 0 Å². The van der Waals surface area contributed by atoms with E-state index in [-0.39, 0.29) is 11.9 Å². The fourth-order valence-corrected chi connectivity index (χ4v) is 3.33. The van der Waals surface area contributed by atoms with Crippen LogP contribution in [0.25, 0.3) is 10.9 Å². The smallest absolute Gasteiger partial charge is 0.242 e. The molecule has 4 heteroatoms. The van der Waals surface area contributed by atoms with Gasteiger partial charge in [-0.25, -0.2) is 0 Å². The highest BCUT2D eigenvalue weighted by Gasteiger charge is 2.23. The van der Waals surface area contributed by atoms with Crippen molar-refractivity contribution in [2.45, 2.75) is 33.4 Å². The van der Waals surface area contributed by atoms with Gasteiger partial charge in [-0.05, 0) is 56.3 Å². The Labute approximate surface area is 155 Å². The number of amides is 1. The fourth-order valence-electron chi connectivity index (χ4n) is 3.33. The molecule has 4 nitrogen and oxygen atoms in total. The Morgan fingerprint density at radius 2 is 1.88 bits per heavy atom. The minimum absolute atomic E-state index is 0.0302. The first kappa shape index (κ1) is 18.2. The lowest BCUT2D eigenvalue weighted by Crippen LogP contribution is -2.38. The van der Waals surface area contributed by atoms with E-state index in [2.05, 4.69) is 54.2 Å². The van der Waals surface area contributed by atoms with E-state index in [1.165, 1.54) is 16.6 Å². The summed E-state index contributed by atoms with van der Waals surface area (Å²) >= 11 is 0. The molecule has 0 fully saturated rings. The average molecular weight is 349 g/mol. The number of benzene rings is 2. The maximum atomic E-state index is 12.9. The van der Waals surface area contributed by atoms with Crippen molar-refractivity contribution in [2.75, 3.05) is 13.6 Å². The number of hydrogen-bond donors (Lipinski definition) is 2. The Hall–Kier alpha value is -2.59. The molecule has 2 N–H and O–H groups in total. The van der Waals surface area contributed by atoms with E-state index in [0.717, 1.165) is 23.2 Å². The van der Waals surface area contributed by atoms with E-state index in [1.807, 2.05) is 37.4 Å². The SMILES string of the molecule is CCN(C)C(C(=O)NCc1ccc2[nH]c(C)c(C)c2c1)c1ccccc1.